The fourth-order valence-electron chi connectivity index (χ4n) is 5.36. The first-order valence-electron chi connectivity index (χ1n) is 13.3. The van der Waals surface area contributed by atoms with E-state index in [2.05, 4.69) is 5.32 Å². The van der Waals surface area contributed by atoms with Crippen molar-refractivity contribution in [2.45, 2.75) is 50.9 Å². The van der Waals surface area contributed by atoms with Crippen LogP contribution in [0.5, 0.6) is 0 Å². The first-order chi connectivity index (χ1) is 19.0. The van der Waals surface area contributed by atoms with Crippen molar-refractivity contribution < 1.29 is 28.2 Å². The van der Waals surface area contributed by atoms with Crippen molar-refractivity contribution in [3.63, 3.8) is 0 Å². The predicted octanol–water partition coefficient (Wildman–Crippen LogP) is 2.15. The van der Waals surface area contributed by atoms with Crippen LogP contribution in [0.25, 0.3) is 0 Å². The van der Waals surface area contributed by atoms with E-state index in [9.17, 15) is 18.8 Å². The highest BCUT2D eigenvalue weighted by atomic mass is 19.1. The lowest BCUT2D eigenvalue weighted by Crippen LogP contribution is -2.66. The van der Waals surface area contributed by atoms with E-state index < -0.39 is 23.0 Å². The number of fused-ring (bicyclic) bond motifs is 1. The van der Waals surface area contributed by atoms with Crippen LogP contribution in [0.3, 0.4) is 0 Å². The first kappa shape index (κ1) is 29.2. The van der Waals surface area contributed by atoms with E-state index in [1.165, 1.54) is 19.2 Å². The number of amides is 3. The van der Waals surface area contributed by atoms with Gasteiger partial charge in [-0.3, -0.25) is 14.4 Å². The van der Waals surface area contributed by atoms with Gasteiger partial charge in [0.15, 0.2) is 0 Å². The molecule has 2 aliphatic heterocycles. The highest BCUT2D eigenvalue weighted by molar-refractivity contribution is 5.98. The zero-order valence-electron chi connectivity index (χ0n) is 23.4. The van der Waals surface area contributed by atoms with Crippen LogP contribution >= 0.6 is 0 Å². The molecule has 9 nitrogen and oxygen atoms in total. The average Bonchev–Trinajstić information content (AvgIpc) is 3.13. The second-order valence-corrected chi connectivity index (χ2v) is 11.0. The number of benzene rings is 2. The number of nitrogens with two attached hydrogens (primary N) is 1. The maximum Gasteiger partial charge on any atom is 0.253 e. The summed E-state index contributed by atoms with van der Waals surface area (Å²) < 4.78 is 25.3. The second-order valence-electron chi connectivity index (χ2n) is 11.0. The van der Waals surface area contributed by atoms with Crippen molar-refractivity contribution in [3.8, 4) is 0 Å². The monoisotopic (exact) mass is 552 g/mol. The van der Waals surface area contributed by atoms with Gasteiger partial charge in [-0.05, 0) is 44.0 Å². The first-order valence-corrected chi connectivity index (χ1v) is 13.3. The fraction of sp³-hybridized carbons (Fsp3) is 0.433. The number of carbonyl (C=O) groups excluding carboxylic acids is 3. The average molecular weight is 553 g/mol. The van der Waals surface area contributed by atoms with Gasteiger partial charge >= 0.3 is 0 Å². The maximum atomic E-state index is 14.0. The van der Waals surface area contributed by atoms with Crippen LogP contribution < -0.4 is 11.1 Å². The van der Waals surface area contributed by atoms with E-state index in [4.69, 9.17) is 15.2 Å². The Morgan fingerprint density at radius 1 is 1.10 bits per heavy atom. The normalized spacial score (nSPS) is 19.9. The lowest BCUT2D eigenvalue weighted by molar-refractivity contribution is -0.147. The zero-order chi connectivity index (χ0) is 29.1. The fourth-order valence-corrected chi connectivity index (χ4v) is 5.36. The molecule has 1 fully saturated rings. The quantitative estimate of drug-likeness (QED) is 0.467. The van der Waals surface area contributed by atoms with Crippen LogP contribution in [-0.2, 0) is 36.9 Å². The zero-order valence-corrected chi connectivity index (χ0v) is 23.4. The molecule has 0 radical (unpaired) electrons. The molecular formula is C30H37FN4O5. The van der Waals surface area contributed by atoms with Crippen LogP contribution in [-0.4, -0.2) is 78.0 Å². The number of ether oxygens (including phenoxy) is 2. The number of halogens is 1. The van der Waals surface area contributed by atoms with Gasteiger partial charge in [0.25, 0.3) is 5.91 Å². The van der Waals surface area contributed by atoms with E-state index in [1.807, 2.05) is 30.3 Å². The smallest absolute Gasteiger partial charge is 0.253 e. The van der Waals surface area contributed by atoms with E-state index >= 15 is 0 Å². The summed E-state index contributed by atoms with van der Waals surface area (Å²) in [6.45, 7) is 5.70. The molecule has 4 rings (SSSR count). The second kappa shape index (κ2) is 11.8. The van der Waals surface area contributed by atoms with Gasteiger partial charge < -0.3 is 30.3 Å². The molecule has 40 heavy (non-hydrogen) atoms. The van der Waals surface area contributed by atoms with Crippen LogP contribution in [0.15, 0.2) is 65.9 Å². The topological polar surface area (TPSA) is 114 Å². The molecule has 0 spiro atoms. The minimum Gasteiger partial charge on any atom is -0.498 e. The van der Waals surface area contributed by atoms with Crippen LogP contribution in [0.4, 0.5) is 4.39 Å². The SMILES string of the molecule is COC1=C(C)C(=O)N2CCN(C(=O)C(COCc3ccccc3)NC(=O)C(C)(C)N)CC12Cc1ccc(F)cc1. The van der Waals surface area contributed by atoms with Gasteiger partial charge in [-0.15, -0.1) is 0 Å². The Balaban J connectivity index is 1.60. The van der Waals surface area contributed by atoms with Gasteiger partial charge in [0.2, 0.25) is 11.8 Å². The van der Waals surface area contributed by atoms with Crippen molar-refractivity contribution in [3.05, 3.63) is 82.9 Å². The molecule has 0 saturated carbocycles. The van der Waals surface area contributed by atoms with E-state index in [1.54, 1.807) is 42.7 Å². The molecule has 0 aromatic heterocycles. The molecule has 2 heterocycles. The number of carbonyl (C=O) groups is 3. The standard InChI is InChI=1S/C30H37FN4O5/c1-20-25(39-4)30(16-21-10-12-23(31)13-11-21)19-34(14-15-35(30)26(20)36)27(37)24(33-28(38)29(2,3)32)18-40-17-22-8-6-5-7-9-22/h5-13,24H,14-19,32H2,1-4H3,(H,33,38). The van der Waals surface area contributed by atoms with Crippen LogP contribution in [0, 0.1) is 5.82 Å². The minimum absolute atomic E-state index is 0.0638. The summed E-state index contributed by atoms with van der Waals surface area (Å²) >= 11 is 0. The molecular weight excluding hydrogens is 515 g/mol. The number of rotatable bonds is 10. The largest absolute Gasteiger partial charge is 0.498 e. The van der Waals surface area contributed by atoms with Crippen molar-refractivity contribution in [2.75, 3.05) is 33.4 Å². The third kappa shape index (κ3) is 6.03. The Labute approximate surface area is 234 Å². The molecule has 214 valence electrons. The molecule has 3 amide bonds. The summed E-state index contributed by atoms with van der Waals surface area (Å²) in [6.07, 6.45) is 0.320. The molecule has 1 saturated heterocycles. The Kier molecular flexibility index (Phi) is 8.60. The van der Waals surface area contributed by atoms with Crippen LogP contribution in [0.1, 0.15) is 31.9 Å². The minimum atomic E-state index is -1.21. The van der Waals surface area contributed by atoms with Crippen molar-refractivity contribution >= 4 is 17.7 Å². The number of hydrogen-bond acceptors (Lipinski definition) is 6. The van der Waals surface area contributed by atoms with E-state index in [0.717, 1.165) is 11.1 Å². The molecule has 3 N–H and O–H groups in total. The molecule has 2 aromatic rings. The summed E-state index contributed by atoms with van der Waals surface area (Å²) in [4.78, 5) is 43.4. The van der Waals surface area contributed by atoms with Gasteiger partial charge in [-0.1, -0.05) is 42.5 Å². The van der Waals surface area contributed by atoms with Crippen LogP contribution in [0.2, 0.25) is 0 Å². The summed E-state index contributed by atoms with van der Waals surface area (Å²) in [5.74, 6) is -0.888. The van der Waals surface area contributed by atoms with Crippen molar-refractivity contribution in [1.82, 2.24) is 15.1 Å². The van der Waals surface area contributed by atoms with Gasteiger partial charge in [-0.25, -0.2) is 4.39 Å². The molecule has 2 atom stereocenters. The van der Waals surface area contributed by atoms with Gasteiger partial charge in [0.05, 0.1) is 38.0 Å². The third-order valence-corrected chi connectivity index (χ3v) is 7.40. The molecule has 2 aliphatic rings. The van der Waals surface area contributed by atoms with Crippen molar-refractivity contribution in [1.29, 1.82) is 0 Å². The highest BCUT2D eigenvalue weighted by Gasteiger charge is 2.55. The van der Waals surface area contributed by atoms with Gasteiger partial charge in [0.1, 0.15) is 23.2 Å². The Bertz CT molecular complexity index is 1280. The Hall–Kier alpha value is -3.76. The Morgan fingerprint density at radius 2 is 1.77 bits per heavy atom. The highest BCUT2D eigenvalue weighted by Crippen LogP contribution is 2.41. The summed E-state index contributed by atoms with van der Waals surface area (Å²) in [7, 11) is 1.51. The van der Waals surface area contributed by atoms with Gasteiger partial charge in [-0.2, -0.15) is 0 Å². The predicted molar refractivity (Wildman–Crippen MR) is 147 cm³/mol. The molecule has 0 bridgehead atoms. The Morgan fingerprint density at radius 3 is 2.40 bits per heavy atom. The molecule has 10 heteroatoms. The number of hydrogen-bond donors (Lipinski definition) is 2. The number of methoxy groups -OCH3 is 1. The maximum absolute atomic E-state index is 14.0. The lowest BCUT2D eigenvalue weighted by Gasteiger charge is -2.48. The summed E-state index contributed by atoms with van der Waals surface area (Å²) in [5.41, 5.74) is 6.02. The molecule has 2 aromatic carbocycles. The number of piperazine rings is 1. The summed E-state index contributed by atoms with van der Waals surface area (Å²) in [6, 6.07) is 14.6. The number of nitrogens with zero attached hydrogens (tertiary/aromatic N) is 2. The number of nitrogens with one attached hydrogen (secondary N) is 1. The third-order valence-electron chi connectivity index (χ3n) is 7.40. The van der Waals surface area contributed by atoms with E-state index in [-0.39, 0.29) is 50.5 Å². The summed E-state index contributed by atoms with van der Waals surface area (Å²) in [5, 5.41) is 2.77. The van der Waals surface area contributed by atoms with Gasteiger partial charge in [0, 0.05) is 19.5 Å². The molecule has 2 unspecified atom stereocenters. The van der Waals surface area contributed by atoms with Crippen molar-refractivity contribution in [2.24, 2.45) is 5.73 Å². The van der Waals surface area contributed by atoms with E-state index in [0.29, 0.717) is 17.8 Å². The molecule has 0 aliphatic carbocycles. The lowest BCUT2D eigenvalue weighted by atomic mass is 9.85.